The molecular weight excluding hydrogens is 216 g/mol. The van der Waals surface area contributed by atoms with E-state index >= 15 is 0 Å². The van der Waals surface area contributed by atoms with Crippen LogP contribution in [-0.4, -0.2) is 27.4 Å². The number of carbonyl (C=O) groups is 1. The summed E-state index contributed by atoms with van der Waals surface area (Å²) in [6, 6.07) is 7.61. The first-order valence-corrected chi connectivity index (χ1v) is 5.86. The lowest BCUT2D eigenvalue weighted by Crippen LogP contribution is -2.28. The Bertz CT molecular complexity index is 506. The van der Waals surface area contributed by atoms with Gasteiger partial charge in [-0.05, 0) is 18.6 Å². The summed E-state index contributed by atoms with van der Waals surface area (Å²) in [6.45, 7) is 3.04. The Labute approximate surface area is 99.8 Å². The zero-order chi connectivity index (χ0) is 12.1. The number of hydrogen-bond donors (Lipinski definition) is 1. The molecular formula is C12H16N4O. The van der Waals surface area contributed by atoms with Gasteiger partial charge in [-0.1, -0.05) is 30.7 Å². The first-order chi connectivity index (χ1) is 8.31. The molecule has 2 rings (SSSR count). The van der Waals surface area contributed by atoms with Gasteiger partial charge in [0.25, 0.3) is 0 Å². The van der Waals surface area contributed by atoms with Crippen molar-refractivity contribution in [3.05, 3.63) is 24.3 Å². The maximum Gasteiger partial charge on any atom is 0.241 e. The van der Waals surface area contributed by atoms with Gasteiger partial charge in [-0.25, -0.2) is 4.68 Å². The maximum absolute atomic E-state index is 11.6. The van der Waals surface area contributed by atoms with Crippen LogP contribution >= 0.6 is 0 Å². The highest BCUT2D eigenvalue weighted by atomic mass is 16.2. The van der Waals surface area contributed by atoms with E-state index in [0.717, 1.165) is 30.4 Å². The number of benzene rings is 1. The second kappa shape index (κ2) is 5.43. The van der Waals surface area contributed by atoms with E-state index in [9.17, 15) is 4.79 Å². The number of amides is 1. The predicted octanol–water partition coefficient (Wildman–Crippen LogP) is 1.35. The third kappa shape index (κ3) is 2.81. The topological polar surface area (TPSA) is 59.8 Å². The Morgan fingerprint density at radius 3 is 3.06 bits per heavy atom. The van der Waals surface area contributed by atoms with Crippen molar-refractivity contribution in [3.63, 3.8) is 0 Å². The Morgan fingerprint density at radius 2 is 2.24 bits per heavy atom. The van der Waals surface area contributed by atoms with E-state index in [1.807, 2.05) is 24.3 Å². The monoisotopic (exact) mass is 232 g/mol. The minimum absolute atomic E-state index is 0.0193. The highest BCUT2D eigenvalue weighted by Gasteiger charge is 2.07. The third-order valence-electron chi connectivity index (χ3n) is 2.57. The average molecular weight is 232 g/mol. The van der Waals surface area contributed by atoms with Crippen LogP contribution in [0, 0.1) is 0 Å². The van der Waals surface area contributed by atoms with Crippen LogP contribution < -0.4 is 5.32 Å². The van der Waals surface area contributed by atoms with Crippen molar-refractivity contribution in [2.75, 3.05) is 6.54 Å². The lowest BCUT2D eigenvalue weighted by Gasteiger charge is -2.04. The van der Waals surface area contributed by atoms with Crippen molar-refractivity contribution in [1.82, 2.24) is 20.3 Å². The SMILES string of the molecule is CCCCNC(=O)Cn1nnc2ccccc21. The molecule has 0 radical (unpaired) electrons. The molecule has 90 valence electrons. The summed E-state index contributed by atoms with van der Waals surface area (Å²) in [6.07, 6.45) is 2.08. The molecule has 5 heteroatoms. The van der Waals surface area contributed by atoms with Crippen molar-refractivity contribution in [2.45, 2.75) is 26.3 Å². The Balaban J connectivity index is 2.01. The molecule has 1 heterocycles. The molecule has 1 amide bonds. The van der Waals surface area contributed by atoms with Crippen LogP contribution in [0.15, 0.2) is 24.3 Å². The summed E-state index contributed by atoms with van der Waals surface area (Å²) in [7, 11) is 0. The Hall–Kier alpha value is -1.91. The van der Waals surface area contributed by atoms with E-state index in [1.165, 1.54) is 0 Å². The van der Waals surface area contributed by atoms with Crippen molar-refractivity contribution < 1.29 is 4.79 Å². The zero-order valence-electron chi connectivity index (χ0n) is 9.89. The lowest BCUT2D eigenvalue weighted by molar-refractivity contribution is -0.121. The van der Waals surface area contributed by atoms with E-state index in [-0.39, 0.29) is 12.5 Å². The molecule has 0 fully saturated rings. The summed E-state index contributed by atoms with van der Waals surface area (Å²) < 4.78 is 1.62. The first kappa shape index (κ1) is 11.6. The number of nitrogens with zero attached hydrogens (tertiary/aromatic N) is 3. The van der Waals surface area contributed by atoms with Gasteiger partial charge in [0.15, 0.2) is 0 Å². The van der Waals surface area contributed by atoms with Gasteiger partial charge in [0.2, 0.25) is 5.91 Å². The van der Waals surface area contributed by atoms with E-state index in [4.69, 9.17) is 0 Å². The second-order valence-electron chi connectivity index (χ2n) is 3.94. The molecule has 0 saturated heterocycles. The van der Waals surface area contributed by atoms with Crippen molar-refractivity contribution >= 4 is 16.9 Å². The van der Waals surface area contributed by atoms with Crippen LogP contribution in [0.1, 0.15) is 19.8 Å². The van der Waals surface area contributed by atoms with Gasteiger partial charge in [0.05, 0.1) is 5.52 Å². The van der Waals surface area contributed by atoms with Crippen LogP contribution in [0.5, 0.6) is 0 Å². The molecule has 17 heavy (non-hydrogen) atoms. The van der Waals surface area contributed by atoms with Gasteiger partial charge in [-0.2, -0.15) is 0 Å². The molecule has 0 saturated carbocycles. The van der Waals surface area contributed by atoms with Crippen LogP contribution in [-0.2, 0) is 11.3 Å². The normalized spacial score (nSPS) is 10.6. The first-order valence-electron chi connectivity index (χ1n) is 5.86. The standard InChI is InChI=1S/C12H16N4O/c1-2-3-8-13-12(17)9-16-11-7-5-4-6-10(11)14-15-16/h4-7H,2-3,8-9H2,1H3,(H,13,17). The molecule has 0 aliphatic heterocycles. The molecule has 1 aromatic heterocycles. The molecule has 0 spiro atoms. The van der Waals surface area contributed by atoms with Gasteiger partial charge in [-0.15, -0.1) is 5.10 Å². The van der Waals surface area contributed by atoms with Crippen LogP contribution in [0.4, 0.5) is 0 Å². The Morgan fingerprint density at radius 1 is 1.41 bits per heavy atom. The quantitative estimate of drug-likeness (QED) is 0.791. The van der Waals surface area contributed by atoms with Gasteiger partial charge >= 0.3 is 0 Å². The van der Waals surface area contributed by atoms with Gasteiger partial charge < -0.3 is 5.32 Å². The fourth-order valence-corrected chi connectivity index (χ4v) is 1.63. The minimum Gasteiger partial charge on any atom is -0.354 e. The minimum atomic E-state index is -0.0193. The zero-order valence-corrected chi connectivity index (χ0v) is 9.89. The fraction of sp³-hybridized carbons (Fsp3) is 0.417. The van der Waals surface area contributed by atoms with E-state index in [1.54, 1.807) is 4.68 Å². The van der Waals surface area contributed by atoms with E-state index in [2.05, 4.69) is 22.6 Å². The summed E-state index contributed by atoms with van der Waals surface area (Å²) in [5.41, 5.74) is 1.70. The number of hydrogen-bond acceptors (Lipinski definition) is 3. The van der Waals surface area contributed by atoms with Crippen LogP contribution in [0.2, 0.25) is 0 Å². The summed E-state index contributed by atoms with van der Waals surface area (Å²) in [4.78, 5) is 11.6. The van der Waals surface area contributed by atoms with E-state index < -0.39 is 0 Å². The van der Waals surface area contributed by atoms with Crippen LogP contribution in [0.3, 0.4) is 0 Å². The number of fused-ring (bicyclic) bond motifs is 1. The van der Waals surface area contributed by atoms with Gasteiger partial charge in [-0.3, -0.25) is 4.79 Å². The molecule has 2 aromatic rings. The number of unbranched alkanes of at least 4 members (excludes halogenated alkanes) is 1. The molecule has 1 N–H and O–H groups in total. The molecule has 0 unspecified atom stereocenters. The fourth-order valence-electron chi connectivity index (χ4n) is 1.63. The highest BCUT2D eigenvalue weighted by Crippen LogP contribution is 2.08. The smallest absolute Gasteiger partial charge is 0.241 e. The highest BCUT2D eigenvalue weighted by molar-refractivity contribution is 5.79. The number of nitrogens with one attached hydrogen (secondary N) is 1. The third-order valence-corrected chi connectivity index (χ3v) is 2.57. The molecule has 0 bridgehead atoms. The molecule has 5 nitrogen and oxygen atoms in total. The van der Waals surface area contributed by atoms with E-state index in [0.29, 0.717) is 0 Å². The largest absolute Gasteiger partial charge is 0.354 e. The predicted molar refractivity (Wildman–Crippen MR) is 65.4 cm³/mol. The molecule has 0 aliphatic rings. The molecule has 0 aliphatic carbocycles. The average Bonchev–Trinajstić information content (AvgIpc) is 2.73. The summed E-state index contributed by atoms with van der Waals surface area (Å²) in [5, 5.41) is 10.8. The van der Waals surface area contributed by atoms with Crippen LogP contribution in [0.25, 0.3) is 11.0 Å². The summed E-state index contributed by atoms with van der Waals surface area (Å²) in [5.74, 6) is -0.0193. The van der Waals surface area contributed by atoms with Crippen molar-refractivity contribution in [1.29, 1.82) is 0 Å². The summed E-state index contributed by atoms with van der Waals surface area (Å²) >= 11 is 0. The van der Waals surface area contributed by atoms with Gasteiger partial charge in [0.1, 0.15) is 12.1 Å². The molecule has 0 atom stereocenters. The van der Waals surface area contributed by atoms with Gasteiger partial charge in [0, 0.05) is 6.54 Å². The Kier molecular flexibility index (Phi) is 3.69. The lowest BCUT2D eigenvalue weighted by atomic mass is 10.3. The van der Waals surface area contributed by atoms with Crippen molar-refractivity contribution in [3.8, 4) is 0 Å². The number of rotatable bonds is 5. The number of para-hydroxylation sites is 1. The second-order valence-corrected chi connectivity index (χ2v) is 3.94. The number of aromatic nitrogens is 3. The molecule has 1 aromatic carbocycles. The maximum atomic E-state index is 11.6. The van der Waals surface area contributed by atoms with Crippen molar-refractivity contribution in [2.24, 2.45) is 0 Å². The number of carbonyl (C=O) groups excluding carboxylic acids is 1.